The van der Waals surface area contributed by atoms with Gasteiger partial charge in [0.1, 0.15) is 0 Å². The van der Waals surface area contributed by atoms with E-state index in [4.69, 9.17) is 15.2 Å². The number of nitrogens with two attached hydrogens (primary N) is 1. The molecule has 2 saturated heterocycles. The van der Waals surface area contributed by atoms with Crippen LogP contribution in [0.5, 0.6) is 0 Å². The van der Waals surface area contributed by atoms with E-state index in [1.54, 1.807) is 0 Å². The molecule has 0 radical (unpaired) electrons. The van der Waals surface area contributed by atoms with Gasteiger partial charge in [0.2, 0.25) is 0 Å². The lowest BCUT2D eigenvalue weighted by molar-refractivity contribution is -0.0914. The van der Waals surface area contributed by atoms with Crippen molar-refractivity contribution in [2.45, 2.75) is 70.1 Å². The molecule has 0 saturated carbocycles. The Morgan fingerprint density at radius 1 is 1.30 bits per heavy atom. The first kappa shape index (κ1) is 16.2. The Morgan fingerprint density at radius 2 is 2.05 bits per heavy atom. The van der Waals surface area contributed by atoms with Crippen molar-refractivity contribution in [3.05, 3.63) is 0 Å². The summed E-state index contributed by atoms with van der Waals surface area (Å²) >= 11 is 0. The maximum absolute atomic E-state index is 6.19. The molecule has 118 valence electrons. The minimum atomic E-state index is 0.176. The summed E-state index contributed by atoms with van der Waals surface area (Å²) in [6.07, 6.45) is 7.71. The Kier molecular flexibility index (Phi) is 6.27. The number of hydrogen-bond donors (Lipinski definition) is 1. The Hall–Kier alpha value is -0.160. The molecule has 2 atom stereocenters. The number of rotatable bonds is 6. The Balaban J connectivity index is 1.93. The predicted octanol–water partition coefficient (Wildman–Crippen LogP) is 2.16. The molecule has 2 N–H and O–H groups in total. The lowest BCUT2D eigenvalue weighted by atomic mass is 9.82. The molecule has 4 heteroatoms. The molecule has 0 aromatic carbocycles. The van der Waals surface area contributed by atoms with E-state index in [2.05, 4.69) is 18.7 Å². The van der Waals surface area contributed by atoms with E-state index >= 15 is 0 Å². The van der Waals surface area contributed by atoms with Gasteiger partial charge in [-0.15, -0.1) is 0 Å². The summed E-state index contributed by atoms with van der Waals surface area (Å²) in [6.45, 7) is 9.03. The molecular weight excluding hydrogens is 252 g/mol. The van der Waals surface area contributed by atoms with Gasteiger partial charge in [0.25, 0.3) is 0 Å². The van der Waals surface area contributed by atoms with Crippen LogP contribution in [0.25, 0.3) is 0 Å². The summed E-state index contributed by atoms with van der Waals surface area (Å²) < 4.78 is 11.7. The van der Waals surface area contributed by atoms with Crippen LogP contribution in [0.2, 0.25) is 0 Å². The SMILES string of the molecule is CCCC1CC(CN)(N2CCC(OCC)CC2)CCO1. The Morgan fingerprint density at radius 3 is 2.65 bits per heavy atom. The van der Waals surface area contributed by atoms with Crippen LogP contribution < -0.4 is 5.73 Å². The molecule has 2 aliphatic rings. The maximum Gasteiger partial charge on any atom is 0.0599 e. The first-order valence-corrected chi connectivity index (χ1v) is 8.42. The van der Waals surface area contributed by atoms with Gasteiger partial charge in [0.15, 0.2) is 0 Å². The summed E-state index contributed by atoms with van der Waals surface area (Å²) in [7, 11) is 0. The topological polar surface area (TPSA) is 47.7 Å². The average Bonchev–Trinajstić information content (AvgIpc) is 2.49. The Bertz CT molecular complexity index is 278. The van der Waals surface area contributed by atoms with Gasteiger partial charge in [0.05, 0.1) is 12.2 Å². The second-order valence-electron chi connectivity index (χ2n) is 6.31. The Labute approximate surface area is 124 Å². The highest BCUT2D eigenvalue weighted by molar-refractivity contribution is 4.98. The quantitative estimate of drug-likeness (QED) is 0.812. The van der Waals surface area contributed by atoms with Crippen molar-refractivity contribution in [3.63, 3.8) is 0 Å². The van der Waals surface area contributed by atoms with E-state index in [9.17, 15) is 0 Å². The molecular formula is C16H32N2O2. The lowest BCUT2D eigenvalue weighted by Crippen LogP contribution is -2.60. The standard InChI is InChI=1S/C16H32N2O2/c1-3-5-15-12-16(13-17,8-11-20-15)18-9-6-14(7-10-18)19-4-2/h14-15H,3-13,17H2,1-2H3. The highest BCUT2D eigenvalue weighted by Crippen LogP contribution is 2.34. The van der Waals surface area contributed by atoms with E-state index in [1.165, 1.54) is 6.42 Å². The number of likely N-dealkylation sites (tertiary alicyclic amines) is 1. The van der Waals surface area contributed by atoms with Crippen LogP contribution in [0, 0.1) is 0 Å². The van der Waals surface area contributed by atoms with Crippen molar-refractivity contribution < 1.29 is 9.47 Å². The summed E-state index contributed by atoms with van der Waals surface area (Å²) in [4.78, 5) is 2.63. The van der Waals surface area contributed by atoms with Crippen LogP contribution in [-0.2, 0) is 9.47 Å². The molecule has 4 nitrogen and oxygen atoms in total. The second kappa shape index (κ2) is 7.74. The van der Waals surface area contributed by atoms with Crippen molar-refractivity contribution in [1.29, 1.82) is 0 Å². The van der Waals surface area contributed by atoms with E-state index in [1.807, 2.05) is 0 Å². The molecule has 2 heterocycles. The van der Waals surface area contributed by atoms with Crippen LogP contribution in [-0.4, -0.2) is 55.5 Å². The summed E-state index contributed by atoms with van der Waals surface area (Å²) in [5, 5.41) is 0. The van der Waals surface area contributed by atoms with Crippen molar-refractivity contribution in [2.75, 3.05) is 32.8 Å². The fourth-order valence-electron chi connectivity index (χ4n) is 3.84. The first-order valence-electron chi connectivity index (χ1n) is 8.42. The highest BCUT2D eigenvalue weighted by Gasteiger charge is 2.41. The van der Waals surface area contributed by atoms with Crippen LogP contribution in [0.15, 0.2) is 0 Å². The predicted molar refractivity (Wildman–Crippen MR) is 81.9 cm³/mol. The molecule has 0 aliphatic carbocycles. The summed E-state index contributed by atoms with van der Waals surface area (Å²) in [5.41, 5.74) is 6.37. The molecule has 0 bridgehead atoms. The zero-order valence-corrected chi connectivity index (χ0v) is 13.3. The number of hydrogen-bond acceptors (Lipinski definition) is 4. The summed E-state index contributed by atoms with van der Waals surface area (Å²) in [5.74, 6) is 0. The van der Waals surface area contributed by atoms with E-state index in [-0.39, 0.29) is 5.54 Å². The molecule has 2 rings (SSSR count). The third-order valence-corrected chi connectivity index (χ3v) is 5.03. The molecule has 20 heavy (non-hydrogen) atoms. The molecule has 2 aliphatic heterocycles. The molecule has 0 aromatic heterocycles. The number of ether oxygens (including phenoxy) is 2. The molecule has 2 fully saturated rings. The number of nitrogens with zero attached hydrogens (tertiary/aromatic N) is 1. The van der Waals surface area contributed by atoms with Crippen molar-refractivity contribution in [1.82, 2.24) is 4.90 Å². The minimum absolute atomic E-state index is 0.176. The lowest BCUT2D eigenvalue weighted by Gasteiger charge is -2.50. The molecule has 0 spiro atoms. The maximum atomic E-state index is 6.19. The smallest absolute Gasteiger partial charge is 0.0599 e. The van der Waals surface area contributed by atoms with E-state index in [0.717, 1.165) is 65.0 Å². The van der Waals surface area contributed by atoms with Crippen LogP contribution in [0.3, 0.4) is 0 Å². The molecule has 0 amide bonds. The number of piperidine rings is 1. The van der Waals surface area contributed by atoms with Gasteiger partial charge in [-0.2, -0.15) is 0 Å². The van der Waals surface area contributed by atoms with Gasteiger partial charge >= 0.3 is 0 Å². The highest BCUT2D eigenvalue weighted by atomic mass is 16.5. The van der Waals surface area contributed by atoms with E-state index < -0.39 is 0 Å². The molecule has 2 unspecified atom stereocenters. The fraction of sp³-hybridized carbons (Fsp3) is 1.00. The van der Waals surface area contributed by atoms with Crippen LogP contribution >= 0.6 is 0 Å². The third kappa shape index (κ3) is 3.73. The van der Waals surface area contributed by atoms with E-state index in [0.29, 0.717) is 12.2 Å². The third-order valence-electron chi connectivity index (χ3n) is 5.03. The van der Waals surface area contributed by atoms with Crippen molar-refractivity contribution in [2.24, 2.45) is 5.73 Å². The van der Waals surface area contributed by atoms with Crippen LogP contribution in [0.1, 0.15) is 52.4 Å². The second-order valence-corrected chi connectivity index (χ2v) is 6.31. The zero-order valence-electron chi connectivity index (χ0n) is 13.3. The van der Waals surface area contributed by atoms with Gasteiger partial charge < -0.3 is 15.2 Å². The van der Waals surface area contributed by atoms with Gasteiger partial charge in [-0.3, -0.25) is 4.90 Å². The monoisotopic (exact) mass is 284 g/mol. The fourth-order valence-corrected chi connectivity index (χ4v) is 3.84. The largest absolute Gasteiger partial charge is 0.378 e. The van der Waals surface area contributed by atoms with Gasteiger partial charge in [-0.1, -0.05) is 13.3 Å². The molecule has 0 aromatic rings. The van der Waals surface area contributed by atoms with Crippen molar-refractivity contribution in [3.8, 4) is 0 Å². The minimum Gasteiger partial charge on any atom is -0.378 e. The van der Waals surface area contributed by atoms with Crippen molar-refractivity contribution >= 4 is 0 Å². The van der Waals surface area contributed by atoms with Gasteiger partial charge in [-0.25, -0.2) is 0 Å². The zero-order chi connectivity index (χ0) is 14.4. The summed E-state index contributed by atoms with van der Waals surface area (Å²) in [6, 6.07) is 0. The average molecular weight is 284 g/mol. The van der Waals surface area contributed by atoms with Gasteiger partial charge in [0, 0.05) is 38.4 Å². The van der Waals surface area contributed by atoms with Crippen LogP contribution in [0.4, 0.5) is 0 Å². The van der Waals surface area contributed by atoms with Gasteiger partial charge in [-0.05, 0) is 39.0 Å². The first-order chi connectivity index (χ1) is 9.74. The normalized spacial score (nSPS) is 33.5.